The van der Waals surface area contributed by atoms with E-state index < -0.39 is 0 Å². The molecule has 1 N–H and O–H groups in total. The first-order chi connectivity index (χ1) is 10.1. The maximum atomic E-state index is 11.8. The van der Waals surface area contributed by atoms with E-state index >= 15 is 0 Å². The number of nitrogens with one attached hydrogen (secondary N) is 1. The highest BCUT2D eigenvalue weighted by Crippen LogP contribution is 2.20. The van der Waals surface area contributed by atoms with Gasteiger partial charge in [0.2, 0.25) is 0 Å². The van der Waals surface area contributed by atoms with Crippen LogP contribution in [0.1, 0.15) is 28.5 Å². The summed E-state index contributed by atoms with van der Waals surface area (Å²) in [6.45, 7) is 6.89. The molecular formula is C17H21NO2S. The Morgan fingerprint density at radius 3 is 2.52 bits per heavy atom. The molecule has 1 aromatic heterocycles. The zero-order chi connectivity index (χ0) is 15.2. The van der Waals surface area contributed by atoms with Crippen LogP contribution >= 0.6 is 11.3 Å². The maximum Gasteiger partial charge on any atom is 0.258 e. The average molecular weight is 303 g/mol. The summed E-state index contributed by atoms with van der Waals surface area (Å²) < 4.78 is 5.48. The van der Waals surface area contributed by atoms with Crippen LogP contribution in [0, 0.1) is 13.8 Å². The molecule has 3 nitrogen and oxygen atoms in total. The molecule has 21 heavy (non-hydrogen) atoms. The Morgan fingerprint density at radius 2 is 1.95 bits per heavy atom. The van der Waals surface area contributed by atoms with Gasteiger partial charge in [-0.1, -0.05) is 19.1 Å². The Balaban J connectivity index is 1.78. The van der Waals surface area contributed by atoms with Gasteiger partial charge in [-0.15, -0.1) is 11.3 Å². The van der Waals surface area contributed by atoms with Crippen molar-refractivity contribution in [1.29, 1.82) is 0 Å². The summed E-state index contributed by atoms with van der Waals surface area (Å²) >= 11 is 1.71. The second-order valence-electron chi connectivity index (χ2n) is 5.01. The van der Waals surface area contributed by atoms with Crippen LogP contribution in [0.25, 0.3) is 0 Å². The first-order valence-corrected chi connectivity index (χ1v) is 8.00. The zero-order valence-electron chi connectivity index (χ0n) is 12.7. The number of ether oxygens (including phenoxy) is 1. The lowest BCUT2D eigenvalue weighted by molar-refractivity contribution is -0.123. The summed E-state index contributed by atoms with van der Waals surface area (Å²) in [7, 11) is 0. The smallest absolute Gasteiger partial charge is 0.258 e. The Morgan fingerprint density at radius 1 is 1.24 bits per heavy atom. The van der Waals surface area contributed by atoms with Gasteiger partial charge < -0.3 is 10.1 Å². The number of hydrogen-bond acceptors (Lipinski definition) is 3. The molecule has 0 aliphatic rings. The third-order valence-corrected chi connectivity index (χ3v) is 4.63. The number of aryl methyl sites for hydroxylation is 2. The van der Waals surface area contributed by atoms with E-state index in [0.29, 0.717) is 6.54 Å². The van der Waals surface area contributed by atoms with Crippen molar-refractivity contribution in [1.82, 2.24) is 5.32 Å². The molecule has 0 fully saturated rings. The molecular weight excluding hydrogens is 282 g/mol. The molecule has 0 unspecified atom stereocenters. The van der Waals surface area contributed by atoms with Gasteiger partial charge in [-0.2, -0.15) is 0 Å². The standard InChI is InChI=1S/C17H21NO2S/c1-4-14-5-7-16(8-6-14)20-10-17(19)18-9-15-11-21-13(3)12(15)2/h5-8,11H,4,9-10H2,1-3H3,(H,18,19). The summed E-state index contributed by atoms with van der Waals surface area (Å²) in [6.07, 6.45) is 1.00. The monoisotopic (exact) mass is 303 g/mol. The lowest BCUT2D eigenvalue weighted by Crippen LogP contribution is -2.28. The molecule has 0 aliphatic carbocycles. The number of amides is 1. The molecule has 112 valence electrons. The molecule has 0 bridgehead atoms. The Kier molecular flexibility index (Phi) is 5.39. The van der Waals surface area contributed by atoms with Crippen LogP contribution in [0.4, 0.5) is 0 Å². The summed E-state index contributed by atoms with van der Waals surface area (Å²) in [5.74, 6) is 0.628. The van der Waals surface area contributed by atoms with Crippen LogP contribution < -0.4 is 10.1 Å². The summed E-state index contributed by atoms with van der Waals surface area (Å²) in [5, 5.41) is 4.98. The highest BCUT2D eigenvalue weighted by molar-refractivity contribution is 7.10. The molecule has 4 heteroatoms. The average Bonchev–Trinajstić information content (AvgIpc) is 2.83. The van der Waals surface area contributed by atoms with Gasteiger partial charge in [0.1, 0.15) is 5.75 Å². The van der Waals surface area contributed by atoms with Crippen LogP contribution in [-0.4, -0.2) is 12.5 Å². The van der Waals surface area contributed by atoms with E-state index in [1.807, 2.05) is 24.3 Å². The molecule has 2 rings (SSSR count). The van der Waals surface area contributed by atoms with Crippen molar-refractivity contribution >= 4 is 17.2 Å². The van der Waals surface area contributed by atoms with Crippen molar-refractivity contribution in [2.75, 3.05) is 6.61 Å². The van der Waals surface area contributed by atoms with Crippen molar-refractivity contribution in [3.63, 3.8) is 0 Å². The Labute approximate surface area is 130 Å². The Hall–Kier alpha value is -1.81. The molecule has 2 aromatic rings. The largest absolute Gasteiger partial charge is 0.484 e. The molecule has 0 radical (unpaired) electrons. The van der Waals surface area contributed by atoms with Gasteiger partial charge >= 0.3 is 0 Å². The van der Waals surface area contributed by atoms with Crippen molar-refractivity contribution < 1.29 is 9.53 Å². The van der Waals surface area contributed by atoms with E-state index in [-0.39, 0.29) is 12.5 Å². The van der Waals surface area contributed by atoms with E-state index in [1.54, 1.807) is 11.3 Å². The minimum atomic E-state index is -0.0992. The van der Waals surface area contributed by atoms with Crippen molar-refractivity contribution in [3.05, 3.63) is 51.2 Å². The fourth-order valence-corrected chi connectivity index (χ4v) is 2.84. The van der Waals surface area contributed by atoms with E-state index in [2.05, 4.69) is 31.5 Å². The van der Waals surface area contributed by atoms with E-state index in [0.717, 1.165) is 12.2 Å². The second-order valence-corrected chi connectivity index (χ2v) is 6.09. The lowest BCUT2D eigenvalue weighted by atomic mass is 10.2. The molecule has 0 spiro atoms. The minimum absolute atomic E-state index is 0.0492. The lowest BCUT2D eigenvalue weighted by Gasteiger charge is -2.08. The van der Waals surface area contributed by atoms with E-state index in [1.165, 1.54) is 21.6 Å². The fraction of sp³-hybridized carbons (Fsp3) is 0.353. The number of thiophene rings is 1. The second kappa shape index (κ2) is 7.27. The zero-order valence-corrected chi connectivity index (χ0v) is 13.5. The minimum Gasteiger partial charge on any atom is -0.484 e. The molecule has 1 amide bonds. The summed E-state index contributed by atoms with van der Waals surface area (Å²) in [4.78, 5) is 13.1. The van der Waals surface area contributed by atoms with Crippen molar-refractivity contribution in [2.45, 2.75) is 33.7 Å². The van der Waals surface area contributed by atoms with Gasteiger partial charge in [0, 0.05) is 11.4 Å². The fourth-order valence-electron chi connectivity index (χ4n) is 1.95. The molecule has 0 atom stereocenters. The number of carbonyl (C=O) groups excluding carboxylic acids is 1. The molecule has 1 heterocycles. The van der Waals surface area contributed by atoms with Gasteiger partial charge in [0.05, 0.1) is 0 Å². The van der Waals surface area contributed by atoms with Crippen LogP contribution in [0.5, 0.6) is 5.75 Å². The number of hydrogen-bond donors (Lipinski definition) is 1. The molecule has 0 saturated heterocycles. The van der Waals surface area contributed by atoms with Gasteiger partial charge in [0.25, 0.3) is 5.91 Å². The predicted octanol–water partition coefficient (Wildman–Crippen LogP) is 3.62. The van der Waals surface area contributed by atoms with Gasteiger partial charge in [-0.05, 0) is 54.5 Å². The van der Waals surface area contributed by atoms with E-state index in [9.17, 15) is 4.79 Å². The SMILES string of the molecule is CCc1ccc(OCC(=O)NCc2csc(C)c2C)cc1. The molecule has 0 aliphatic heterocycles. The number of rotatable bonds is 6. The normalized spacial score (nSPS) is 10.4. The number of carbonyl (C=O) groups is 1. The van der Waals surface area contributed by atoms with Crippen LogP contribution in [-0.2, 0) is 17.8 Å². The third-order valence-electron chi connectivity index (χ3n) is 3.57. The van der Waals surface area contributed by atoms with Gasteiger partial charge in [-0.3, -0.25) is 4.79 Å². The van der Waals surface area contributed by atoms with Crippen molar-refractivity contribution in [3.8, 4) is 5.75 Å². The highest BCUT2D eigenvalue weighted by Gasteiger charge is 2.07. The van der Waals surface area contributed by atoms with E-state index in [4.69, 9.17) is 4.74 Å². The first kappa shape index (κ1) is 15.6. The summed E-state index contributed by atoms with van der Waals surface area (Å²) in [5.41, 5.74) is 3.70. The topological polar surface area (TPSA) is 38.3 Å². The summed E-state index contributed by atoms with van der Waals surface area (Å²) in [6, 6.07) is 7.84. The third kappa shape index (κ3) is 4.33. The predicted molar refractivity (Wildman–Crippen MR) is 87.0 cm³/mol. The van der Waals surface area contributed by atoms with Crippen LogP contribution in [0.3, 0.4) is 0 Å². The van der Waals surface area contributed by atoms with Gasteiger partial charge in [0.15, 0.2) is 6.61 Å². The Bertz CT molecular complexity index is 602. The quantitative estimate of drug-likeness (QED) is 0.885. The molecule has 0 saturated carbocycles. The van der Waals surface area contributed by atoms with Crippen LogP contribution in [0.2, 0.25) is 0 Å². The van der Waals surface area contributed by atoms with Crippen LogP contribution in [0.15, 0.2) is 29.6 Å². The highest BCUT2D eigenvalue weighted by atomic mass is 32.1. The van der Waals surface area contributed by atoms with Gasteiger partial charge in [-0.25, -0.2) is 0 Å². The first-order valence-electron chi connectivity index (χ1n) is 7.12. The van der Waals surface area contributed by atoms with Crippen molar-refractivity contribution in [2.24, 2.45) is 0 Å². The number of benzene rings is 1. The molecule has 1 aromatic carbocycles. The maximum absolute atomic E-state index is 11.8.